The summed E-state index contributed by atoms with van der Waals surface area (Å²) in [6.45, 7) is -0.321. The van der Waals surface area contributed by atoms with E-state index in [9.17, 15) is 22.5 Å². The highest BCUT2D eigenvalue weighted by atomic mass is 32.2. The number of ether oxygens (including phenoxy) is 1. The van der Waals surface area contributed by atoms with Crippen molar-refractivity contribution in [1.29, 1.82) is 0 Å². The zero-order chi connectivity index (χ0) is 19.7. The molecule has 0 unspecified atom stereocenters. The number of anilines is 2. The van der Waals surface area contributed by atoms with Crippen LogP contribution in [0.15, 0.2) is 36.5 Å². The number of pyridine rings is 1. The van der Waals surface area contributed by atoms with E-state index >= 15 is 0 Å². The molecule has 27 heavy (non-hydrogen) atoms. The van der Waals surface area contributed by atoms with Crippen molar-refractivity contribution in [3.8, 4) is 5.75 Å². The van der Waals surface area contributed by atoms with Crippen LogP contribution in [0.4, 0.5) is 24.5 Å². The first-order valence-corrected chi connectivity index (χ1v) is 9.35. The molecule has 0 amide bonds. The molecule has 1 aromatic carbocycles. The fourth-order valence-electron chi connectivity index (χ4n) is 2.70. The molecule has 1 aliphatic rings. The Labute approximate surface area is 156 Å². The molecule has 0 saturated heterocycles. The standard InChI is InChI=1S/C17H18F3N3O3S/c1-11-14(21-7-6-15(11)26-10-16(18,19)20)8-27(25)17(9-24)22-12-4-2-3-5-13(12)23-17/h2-7,22-24H,8-10H2,1H3/t27-/m1/s1. The van der Waals surface area contributed by atoms with Crippen molar-refractivity contribution < 1.29 is 27.2 Å². The molecule has 146 valence electrons. The number of para-hydroxylation sites is 2. The lowest BCUT2D eigenvalue weighted by atomic mass is 10.2. The molecule has 0 fully saturated rings. The summed E-state index contributed by atoms with van der Waals surface area (Å²) < 4.78 is 54.9. The quantitative estimate of drug-likeness (QED) is 0.691. The molecule has 3 rings (SSSR count). The number of nitrogens with zero attached hydrogens (tertiary/aromatic N) is 1. The van der Waals surface area contributed by atoms with E-state index in [2.05, 4.69) is 15.6 Å². The van der Waals surface area contributed by atoms with Gasteiger partial charge in [-0.15, -0.1) is 0 Å². The molecular weight excluding hydrogens is 383 g/mol. The third kappa shape index (κ3) is 4.16. The van der Waals surface area contributed by atoms with E-state index in [4.69, 9.17) is 4.74 Å². The number of aliphatic hydroxyl groups is 1. The first-order chi connectivity index (χ1) is 12.7. The van der Waals surface area contributed by atoms with E-state index in [0.717, 1.165) is 0 Å². The molecular formula is C17H18F3N3O3S. The summed E-state index contributed by atoms with van der Waals surface area (Å²) in [5.41, 5.74) is 2.11. The zero-order valence-electron chi connectivity index (χ0n) is 14.3. The summed E-state index contributed by atoms with van der Waals surface area (Å²) >= 11 is 0. The summed E-state index contributed by atoms with van der Waals surface area (Å²) in [7, 11) is -1.68. The Kier molecular flexibility index (Phi) is 5.29. The van der Waals surface area contributed by atoms with Gasteiger partial charge in [-0.3, -0.25) is 9.19 Å². The average molecular weight is 401 g/mol. The van der Waals surface area contributed by atoms with E-state index in [0.29, 0.717) is 22.6 Å². The summed E-state index contributed by atoms with van der Waals surface area (Å²) in [5, 5.41) is 15.9. The van der Waals surface area contributed by atoms with Gasteiger partial charge in [-0.2, -0.15) is 13.2 Å². The Morgan fingerprint density at radius 1 is 1.22 bits per heavy atom. The van der Waals surface area contributed by atoms with Gasteiger partial charge in [0.15, 0.2) is 6.61 Å². The lowest BCUT2D eigenvalue weighted by Crippen LogP contribution is -2.50. The molecule has 0 spiro atoms. The number of hydrogen-bond acceptors (Lipinski definition) is 6. The Hall–Kier alpha value is -2.33. The predicted octanol–water partition coefficient (Wildman–Crippen LogP) is 2.76. The number of fused-ring (bicyclic) bond motifs is 1. The van der Waals surface area contributed by atoms with E-state index in [1.807, 2.05) is 0 Å². The Morgan fingerprint density at radius 3 is 2.41 bits per heavy atom. The second-order valence-corrected chi connectivity index (χ2v) is 7.73. The van der Waals surface area contributed by atoms with Crippen molar-refractivity contribution in [2.24, 2.45) is 0 Å². The van der Waals surface area contributed by atoms with Crippen LogP contribution >= 0.6 is 0 Å². The van der Waals surface area contributed by atoms with Gasteiger partial charge in [0.25, 0.3) is 0 Å². The van der Waals surface area contributed by atoms with Crippen LogP contribution in [0.25, 0.3) is 0 Å². The van der Waals surface area contributed by atoms with Crippen molar-refractivity contribution >= 4 is 22.2 Å². The monoisotopic (exact) mass is 401 g/mol. The number of halogens is 3. The molecule has 1 aliphatic heterocycles. The minimum absolute atomic E-state index is 0.0306. The third-order valence-electron chi connectivity index (χ3n) is 4.13. The van der Waals surface area contributed by atoms with Crippen LogP contribution in [0.2, 0.25) is 0 Å². The van der Waals surface area contributed by atoms with Crippen LogP contribution in [0, 0.1) is 6.92 Å². The Bertz CT molecular complexity index is 836. The first kappa shape index (κ1) is 19.4. The van der Waals surface area contributed by atoms with Gasteiger partial charge < -0.3 is 20.5 Å². The van der Waals surface area contributed by atoms with Crippen molar-refractivity contribution in [2.75, 3.05) is 23.8 Å². The van der Waals surface area contributed by atoms with Gasteiger partial charge in [0.1, 0.15) is 5.75 Å². The number of nitrogens with one attached hydrogen (secondary N) is 2. The van der Waals surface area contributed by atoms with Crippen molar-refractivity contribution in [3.05, 3.63) is 47.8 Å². The van der Waals surface area contributed by atoms with Gasteiger partial charge in [0, 0.05) is 11.8 Å². The maximum absolute atomic E-state index is 13.0. The van der Waals surface area contributed by atoms with Gasteiger partial charge in [-0.05, 0) is 25.1 Å². The lowest BCUT2D eigenvalue weighted by Gasteiger charge is -2.27. The predicted molar refractivity (Wildman–Crippen MR) is 95.9 cm³/mol. The molecule has 0 saturated carbocycles. The minimum atomic E-state index is -4.46. The largest absolute Gasteiger partial charge is 0.484 e. The molecule has 1 aromatic heterocycles. The van der Waals surface area contributed by atoms with Crippen LogP contribution in [0.5, 0.6) is 5.75 Å². The van der Waals surface area contributed by atoms with E-state index in [-0.39, 0.29) is 11.5 Å². The highest BCUT2D eigenvalue weighted by molar-refractivity contribution is 7.86. The molecule has 0 aliphatic carbocycles. The topological polar surface area (TPSA) is 83.5 Å². The number of aromatic nitrogens is 1. The Balaban J connectivity index is 1.78. The van der Waals surface area contributed by atoms with Gasteiger partial charge >= 0.3 is 6.18 Å². The summed E-state index contributed by atoms with van der Waals surface area (Å²) in [6, 6.07) is 8.50. The summed E-state index contributed by atoms with van der Waals surface area (Å²) in [6.07, 6.45) is -3.15. The van der Waals surface area contributed by atoms with Crippen LogP contribution in [-0.4, -0.2) is 38.7 Å². The average Bonchev–Trinajstić information content (AvgIpc) is 3.02. The lowest BCUT2D eigenvalue weighted by molar-refractivity contribution is -0.153. The fourth-order valence-corrected chi connectivity index (χ4v) is 4.08. The van der Waals surface area contributed by atoms with Gasteiger partial charge in [0.2, 0.25) is 4.99 Å². The molecule has 2 aromatic rings. The molecule has 0 bridgehead atoms. The summed E-state index contributed by atoms with van der Waals surface area (Å²) in [4.78, 5) is 2.81. The van der Waals surface area contributed by atoms with E-state index < -0.39 is 35.2 Å². The number of benzene rings is 1. The van der Waals surface area contributed by atoms with Crippen molar-refractivity contribution in [1.82, 2.24) is 4.98 Å². The molecule has 0 radical (unpaired) electrons. The van der Waals surface area contributed by atoms with Crippen LogP contribution in [0.3, 0.4) is 0 Å². The minimum Gasteiger partial charge on any atom is -0.484 e. The van der Waals surface area contributed by atoms with Crippen molar-refractivity contribution in [3.63, 3.8) is 0 Å². The number of rotatable bonds is 6. The maximum Gasteiger partial charge on any atom is 0.422 e. The van der Waals surface area contributed by atoms with Crippen LogP contribution < -0.4 is 15.4 Å². The normalized spacial score (nSPS) is 16.2. The second-order valence-electron chi connectivity index (χ2n) is 6.06. The SMILES string of the molecule is Cc1c(OCC(F)(F)F)ccnc1C[S@@](=O)C1(CO)Nc2ccccc2N1. The van der Waals surface area contributed by atoms with Crippen molar-refractivity contribution in [2.45, 2.75) is 23.8 Å². The van der Waals surface area contributed by atoms with Crippen LogP contribution in [-0.2, 0) is 16.6 Å². The van der Waals surface area contributed by atoms with E-state index in [1.165, 1.54) is 12.3 Å². The molecule has 10 heteroatoms. The Morgan fingerprint density at radius 2 is 1.85 bits per heavy atom. The number of aliphatic hydroxyl groups excluding tert-OH is 1. The number of alkyl halides is 3. The smallest absolute Gasteiger partial charge is 0.422 e. The number of hydrogen-bond donors (Lipinski definition) is 3. The molecule has 6 nitrogen and oxygen atoms in total. The highest BCUT2D eigenvalue weighted by Gasteiger charge is 2.42. The summed E-state index contributed by atoms with van der Waals surface area (Å²) in [5.74, 6) is -0.0492. The molecule has 1 atom stereocenters. The van der Waals surface area contributed by atoms with E-state index in [1.54, 1.807) is 31.2 Å². The third-order valence-corrected chi connectivity index (χ3v) is 5.78. The van der Waals surface area contributed by atoms with Gasteiger partial charge in [-0.25, -0.2) is 0 Å². The zero-order valence-corrected chi connectivity index (χ0v) is 15.2. The second kappa shape index (κ2) is 7.35. The van der Waals surface area contributed by atoms with Gasteiger partial charge in [0.05, 0.1) is 40.2 Å². The first-order valence-electron chi connectivity index (χ1n) is 8.03. The molecule has 3 N–H and O–H groups in total. The van der Waals surface area contributed by atoms with Crippen LogP contribution in [0.1, 0.15) is 11.3 Å². The highest BCUT2D eigenvalue weighted by Crippen LogP contribution is 2.36. The maximum atomic E-state index is 13.0. The molecule has 2 heterocycles. The van der Waals surface area contributed by atoms with Gasteiger partial charge in [-0.1, -0.05) is 12.1 Å². The fraction of sp³-hybridized carbons (Fsp3) is 0.353.